The van der Waals surface area contributed by atoms with Crippen molar-refractivity contribution in [2.75, 3.05) is 26.4 Å². The van der Waals surface area contributed by atoms with Gasteiger partial charge in [-0.3, -0.25) is 18.6 Å². The topological polar surface area (TPSA) is 134 Å². The van der Waals surface area contributed by atoms with Gasteiger partial charge in [-0.25, -0.2) is 4.57 Å². The molecule has 10 heteroatoms. The zero-order valence-corrected chi connectivity index (χ0v) is 34.4. The lowest BCUT2D eigenvalue weighted by molar-refractivity contribution is -0.161. The molecular formula is C43H76NO8P. The summed E-state index contributed by atoms with van der Waals surface area (Å²) in [6.45, 7) is 3.60. The van der Waals surface area contributed by atoms with Gasteiger partial charge >= 0.3 is 19.8 Å². The van der Waals surface area contributed by atoms with Gasteiger partial charge in [0.05, 0.1) is 13.2 Å². The van der Waals surface area contributed by atoms with E-state index < -0.39 is 32.5 Å². The van der Waals surface area contributed by atoms with Crippen LogP contribution >= 0.6 is 7.82 Å². The molecule has 0 aliphatic heterocycles. The van der Waals surface area contributed by atoms with Crippen molar-refractivity contribution in [3.63, 3.8) is 0 Å². The van der Waals surface area contributed by atoms with E-state index in [0.29, 0.717) is 12.8 Å². The number of phosphoric ester groups is 1. The van der Waals surface area contributed by atoms with Crippen LogP contribution < -0.4 is 5.73 Å². The van der Waals surface area contributed by atoms with E-state index >= 15 is 0 Å². The highest BCUT2D eigenvalue weighted by Gasteiger charge is 2.25. The molecule has 0 aliphatic rings. The molecule has 0 aliphatic carbocycles. The third kappa shape index (κ3) is 39.2. The summed E-state index contributed by atoms with van der Waals surface area (Å²) in [6.07, 6.45) is 45.5. The highest BCUT2D eigenvalue weighted by atomic mass is 31.2. The van der Waals surface area contributed by atoms with Crippen molar-refractivity contribution < 1.29 is 37.6 Å². The first-order valence-corrected chi connectivity index (χ1v) is 22.3. The largest absolute Gasteiger partial charge is 0.472 e. The Bertz CT molecular complexity index is 1050. The second-order valence-electron chi connectivity index (χ2n) is 13.5. The third-order valence-corrected chi connectivity index (χ3v) is 9.36. The van der Waals surface area contributed by atoms with Crippen LogP contribution in [0.5, 0.6) is 0 Å². The van der Waals surface area contributed by atoms with Crippen LogP contribution in [0.25, 0.3) is 0 Å². The van der Waals surface area contributed by atoms with Crippen molar-refractivity contribution in [3.05, 3.63) is 60.8 Å². The van der Waals surface area contributed by atoms with E-state index in [4.69, 9.17) is 24.3 Å². The standard InChI is InChI=1S/C43H76NO8P/c1-3-5-7-9-11-13-15-16-17-18-19-20-21-22-23-24-26-27-29-31-33-35-42(45)49-39-41(40-51-53(47,48)50-38-37-44)52-43(46)36-34-32-30-28-25-14-12-10-8-6-4-2/h10,12,17-18,20-21,23-24,27,29,41H,3-9,11,13-16,19,22,25-26,28,30-40,44H2,1-2H3,(H,47,48)/b12-10+,18-17+,21-20+,24-23+,29-27+/t41-/m0/s1. The van der Waals surface area contributed by atoms with E-state index in [2.05, 4.69) is 68.5 Å². The Morgan fingerprint density at radius 2 is 1.02 bits per heavy atom. The molecule has 0 heterocycles. The summed E-state index contributed by atoms with van der Waals surface area (Å²) in [5.41, 5.74) is 5.33. The fraction of sp³-hybridized carbons (Fsp3) is 0.721. The number of esters is 2. The van der Waals surface area contributed by atoms with Crippen molar-refractivity contribution in [2.45, 2.75) is 174 Å². The molecule has 3 N–H and O–H groups in total. The first kappa shape index (κ1) is 50.7. The van der Waals surface area contributed by atoms with Crippen molar-refractivity contribution >= 4 is 19.8 Å². The van der Waals surface area contributed by atoms with E-state index in [9.17, 15) is 19.0 Å². The summed E-state index contributed by atoms with van der Waals surface area (Å²) in [7, 11) is -4.39. The molecule has 9 nitrogen and oxygen atoms in total. The number of allylic oxidation sites excluding steroid dienone is 10. The Kier molecular flexibility index (Phi) is 37.7. The van der Waals surface area contributed by atoms with Crippen LogP contribution in [-0.4, -0.2) is 49.3 Å². The van der Waals surface area contributed by atoms with Crippen LogP contribution in [0.4, 0.5) is 0 Å². The maximum atomic E-state index is 12.5. The second-order valence-corrected chi connectivity index (χ2v) is 14.9. The SMILES string of the molecule is CCCC/C=C/CCCCCCCC(=O)O[C@@H](COC(=O)CCC/C=C/C/C=C/C/C=C/C/C=C/CCCCCCCCC)COP(=O)(O)OCCN. The average Bonchev–Trinajstić information content (AvgIpc) is 3.14. The van der Waals surface area contributed by atoms with Crippen molar-refractivity contribution in [2.24, 2.45) is 5.73 Å². The van der Waals surface area contributed by atoms with Gasteiger partial charge in [0.15, 0.2) is 6.10 Å². The number of nitrogens with two attached hydrogens (primary N) is 1. The molecule has 0 saturated carbocycles. The molecule has 0 aromatic rings. The molecule has 0 amide bonds. The number of carbonyl (C=O) groups is 2. The zero-order chi connectivity index (χ0) is 38.9. The Balaban J connectivity index is 4.25. The van der Waals surface area contributed by atoms with Gasteiger partial charge in [-0.05, 0) is 70.6 Å². The number of rotatable bonds is 38. The minimum Gasteiger partial charge on any atom is -0.462 e. The molecule has 1 unspecified atom stereocenters. The van der Waals surface area contributed by atoms with Gasteiger partial charge in [0.1, 0.15) is 6.61 Å². The fourth-order valence-corrected chi connectivity index (χ4v) is 6.02. The fourth-order valence-electron chi connectivity index (χ4n) is 5.25. The van der Waals surface area contributed by atoms with Gasteiger partial charge in [0.2, 0.25) is 0 Å². The lowest BCUT2D eigenvalue weighted by Crippen LogP contribution is -2.29. The van der Waals surface area contributed by atoms with Gasteiger partial charge in [0.25, 0.3) is 0 Å². The zero-order valence-electron chi connectivity index (χ0n) is 33.5. The van der Waals surface area contributed by atoms with Crippen LogP contribution in [-0.2, 0) is 32.7 Å². The number of hydrogen-bond acceptors (Lipinski definition) is 8. The minimum absolute atomic E-state index is 0.0425. The van der Waals surface area contributed by atoms with Crippen molar-refractivity contribution in [1.29, 1.82) is 0 Å². The number of unbranched alkanes of at least 4 members (excludes halogenated alkanes) is 15. The summed E-state index contributed by atoms with van der Waals surface area (Å²) in [5.74, 6) is -0.911. The van der Waals surface area contributed by atoms with E-state index in [1.54, 1.807) is 0 Å². The summed E-state index contributed by atoms with van der Waals surface area (Å²) < 4.78 is 32.6. The molecule has 306 valence electrons. The highest BCUT2D eigenvalue weighted by molar-refractivity contribution is 7.47. The lowest BCUT2D eigenvalue weighted by Gasteiger charge is -2.19. The predicted molar refractivity (Wildman–Crippen MR) is 219 cm³/mol. The van der Waals surface area contributed by atoms with Gasteiger partial charge in [0, 0.05) is 19.4 Å². The molecule has 0 radical (unpaired) electrons. The molecule has 0 spiro atoms. The molecule has 0 saturated heterocycles. The Hall–Kier alpha value is -2.29. The summed E-state index contributed by atoms with van der Waals surface area (Å²) in [4.78, 5) is 34.7. The smallest absolute Gasteiger partial charge is 0.462 e. The highest BCUT2D eigenvalue weighted by Crippen LogP contribution is 2.43. The first-order valence-electron chi connectivity index (χ1n) is 20.8. The lowest BCUT2D eigenvalue weighted by atomic mass is 10.1. The number of phosphoric acid groups is 1. The third-order valence-electron chi connectivity index (χ3n) is 8.38. The summed E-state index contributed by atoms with van der Waals surface area (Å²) in [6, 6.07) is 0. The summed E-state index contributed by atoms with van der Waals surface area (Å²) in [5, 5.41) is 0. The second kappa shape index (κ2) is 39.4. The van der Waals surface area contributed by atoms with Crippen molar-refractivity contribution in [1.82, 2.24) is 0 Å². The van der Waals surface area contributed by atoms with Gasteiger partial charge in [-0.1, -0.05) is 145 Å². The number of hydrogen-bond donors (Lipinski definition) is 2. The van der Waals surface area contributed by atoms with E-state index in [1.165, 1.54) is 64.2 Å². The maximum absolute atomic E-state index is 12.5. The molecule has 0 aromatic carbocycles. The van der Waals surface area contributed by atoms with E-state index in [1.807, 2.05) is 6.08 Å². The van der Waals surface area contributed by atoms with Crippen LogP contribution in [0.3, 0.4) is 0 Å². The van der Waals surface area contributed by atoms with Gasteiger partial charge in [-0.15, -0.1) is 0 Å². The van der Waals surface area contributed by atoms with Crippen LogP contribution in [0, 0.1) is 0 Å². The molecule has 0 bridgehead atoms. The van der Waals surface area contributed by atoms with Crippen LogP contribution in [0.1, 0.15) is 168 Å². The van der Waals surface area contributed by atoms with E-state index in [-0.39, 0.29) is 32.6 Å². The van der Waals surface area contributed by atoms with Crippen LogP contribution in [0.15, 0.2) is 60.8 Å². The van der Waals surface area contributed by atoms with Crippen LogP contribution in [0.2, 0.25) is 0 Å². The average molecular weight is 766 g/mol. The van der Waals surface area contributed by atoms with Gasteiger partial charge < -0.3 is 20.1 Å². The molecule has 0 aromatic heterocycles. The molecule has 0 fully saturated rings. The number of ether oxygens (including phenoxy) is 2. The Labute approximate surface area is 323 Å². The van der Waals surface area contributed by atoms with Gasteiger partial charge in [-0.2, -0.15) is 0 Å². The Morgan fingerprint density at radius 1 is 0.566 bits per heavy atom. The normalized spacial score (nSPS) is 14.0. The van der Waals surface area contributed by atoms with Crippen molar-refractivity contribution in [3.8, 4) is 0 Å². The molecule has 2 atom stereocenters. The monoisotopic (exact) mass is 766 g/mol. The predicted octanol–water partition coefficient (Wildman–Crippen LogP) is 11.7. The summed E-state index contributed by atoms with van der Waals surface area (Å²) >= 11 is 0. The quantitative estimate of drug-likeness (QED) is 0.0272. The minimum atomic E-state index is -4.39. The molecular weight excluding hydrogens is 689 g/mol. The molecule has 53 heavy (non-hydrogen) atoms. The first-order chi connectivity index (χ1) is 25.8. The number of carbonyl (C=O) groups excluding carboxylic acids is 2. The Morgan fingerprint density at radius 3 is 1.58 bits per heavy atom. The van der Waals surface area contributed by atoms with E-state index in [0.717, 1.165) is 64.2 Å². The maximum Gasteiger partial charge on any atom is 0.472 e. The molecule has 0 rings (SSSR count).